The molecule has 0 radical (unpaired) electrons. The predicted octanol–water partition coefficient (Wildman–Crippen LogP) is 3.57. The fourth-order valence-corrected chi connectivity index (χ4v) is 2.84. The van der Waals surface area contributed by atoms with Crippen LogP contribution in [0.2, 0.25) is 0 Å². The van der Waals surface area contributed by atoms with E-state index in [0.29, 0.717) is 0 Å². The molecule has 1 fully saturated rings. The number of nitrogens with zero attached hydrogens (tertiary/aromatic N) is 1. The summed E-state index contributed by atoms with van der Waals surface area (Å²) >= 11 is 3.48. The summed E-state index contributed by atoms with van der Waals surface area (Å²) < 4.78 is 1.36. The molecular weight excluding hydrogens is 238 g/mol. The maximum atomic E-state index is 3.48. The third-order valence-electron chi connectivity index (χ3n) is 3.48. The van der Waals surface area contributed by atoms with E-state index in [1.165, 1.54) is 74.4 Å². The van der Waals surface area contributed by atoms with Gasteiger partial charge < -0.3 is 4.48 Å². The molecule has 1 heterocycles. The largest absolute Gasteiger partial charge is 0.326 e. The molecule has 0 amide bonds. The Kier molecular flexibility index (Phi) is 6.11. The maximum absolute atomic E-state index is 3.48. The van der Waals surface area contributed by atoms with Crippen LogP contribution in [0.25, 0.3) is 0 Å². The second kappa shape index (κ2) is 6.84. The molecule has 0 bridgehead atoms. The van der Waals surface area contributed by atoms with E-state index >= 15 is 0 Å². The number of likely N-dealkylation sites (tertiary alicyclic amines) is 1. The van der Waals surface area contributed by atoms with Crippen molar-refractivity contribution in [3.05, 3.63) is 0 Å². The highest BCUT2D eigenvalue weighted by Crippen LogP contribution is 2.17. The van der Waals surface area contributed by atoms with Crippen LogP contribution in [-0.4, -0.2) is 36.5 Å². The van der Waals surface area contributed by atoms with Gasteiger partial charge in [0.1, 0.15) is 0 Å². The van der Waals surface area contributed by atoms with Gasteiger partial charge in [0.2, 0.25) is 0 Å². The highest BCUT2D eigenvalue weighted by Gasteiger charge is 2.23. The molecule has 1 rings (SSSR count). The van der Waals surface area contributed by atoms with Gasteiger partial charge in [-0.3, -0.25) is 0 Å². The molecule has 0 aromatic heterocycles. The van der Waals surface area contributed by atoms with E-state index in [2.05, 4.69) is 23.0 Å². The van der Waals surface area contributed by atoms with Crippen LogP contribution in [-0.2, 0) is 0 Å². The van der Waals surface area contributed by atoms with Crippen molar-refractivity contribution in [2.24, 2.45) is 0 Å². The van der Waals surface area contributed by atoms with Gasteiger partial charge in [0.25, 0.3) is 0 Å². The quantitative estimate of drug-likeness (QED) is 0.390. The molecule has 0 spiro atoms. The van der Waals surface area contributed by atoms with Gasteiger partial charge in [0, 0.05) is 5.33 Å². The van der Waals surface area contributed by atoms with E-state index in [4.69, 9.17) is 0 Å². The molecule has 1 nitrogen and oxygen atoms in total. The lowest BCUT2D eigenvalue weighted by Gasteiger charge is -2.37. The number of unbranched alkanes of at least 4 members (excludes halogenated alkanes) is 3. The Bertz CT molecular complexity index is 141. The van der Waals surface area contributed by atoms with Crippen LogP contribution in [0, 0.1) is 0 Å². The number of piperidine rings is 1. The second-order valence-electron chi connectivity index (χ2n) is 4.95. The summed E-state index contributed by atoms with van der Waals surface area (Å²) in [6.07, 6.45) is 10.0. The first kappa shape index (κ1) is 12.5. The summed E-state index contributed by atoms with van der Waals surface area (Å²) in [5.41, 5.74) is 0. The van der Waals surface area contributed by atoms with Gasteiger partial charge in [-0.25, -0.2) is 0 Å². The first-order valence-corrected chi connectivity index (χ1v) is 7.28. The number of rotatable bonds is 6. The SMILES string of the molecule is C[N+]1(CCCCCCBr)CCCCC1. The number of halogens is 1. The monoisotopic (exact) mass is 262 g/mol. The van der Waals surface area contributed by atoms with Crippen molar-refractivity contribution in [1.82, 2.24) is 0 Å². The molecule has 1 aliphatic heterocycles. The minimum atomic E-state index is 1.18. The van der Waals surface area contributed by atoms with E-state index < -0.39 is 0 Å². The number of hydrogen-bond donors (Lipinski definition) is 0. The summed E-state index contributed by atoms with van der Waals surface area (Å²) in [7, 11) is 2.45. The Morgan fingerprint density at radius 2 is 1.57 bits per heavy atom. The fraction of sp³-hybridized carbons (Fsp3) is 1.00. The molecule has 0 unspecified atom stereocenters. The van der Waals surface area contributed by atoms with Gasteiger partial charge in [-0.05, 0) is 38.5 Å². The summed E-state index contributed by atoms with van der Waals surface area (Å²) in [4.78, 5) is 0. The van der Waals surface area contributed by atoms with Gasteiger partial charge in [-0.2, -0.15) is 0 Å². The zero-order valence-electron chi connectivity index (χ0n) is 9.60. The molecule has 0 saturated carbocycles. The molecule has 0 aromatic rings. The number of hydrogen-bond acceptors (Lipinski definition) is 0. The standard InChI is InChI=1S/C12H25BrN/c1-14(11-7-4-8-12-14)10-6-3-2-5-9-13/h2-12H2,1H3/q+1. The number of quaternary nitrogens is 1. The van der Waals surface area contributed by atoms with Gasteiger partial charge in [0.15, 0.2) is 0 Å². The summed E-state index contributed by atoms with van der Waals surface area (Å²) in [6, 6.07) is 0. The molecular formula is C12H25BrN+. The van der Waals surface area contributed by atoms with Gasteiger partial charge in [0.05, 0.1) is 26.7 Å². The molecule has 0 aromatic carbocycles. The van der Waals surface area contributed by atoms with Crippen LogP contribution in [0.4, 0.5) is 0 Å². The van der Waals surface area contributed by atoms with Crippen LogP contribution < -0.4 is 0 Å². The summed E-state index contributed by atoms with van der Waals surface area (Å²) in [5.74, 6) is 0. The van der Waals surface area contributed by atoms with Crippen LogP contribution >= 0.6 is 15.9 Å². The van der Waals surface area contributed by atoms with E-state index in [1.54, 1.807) is 0 Å². The lowest BCUT2D eigenvalue weighted by molar-refractivity contribution is -0.914. The minimum Gasteiger partial charge on any atom is -0.326 e. The third-order valence-corrected chi connectivity index (χ3v) is 4.04. The smallest absolute Gasteiger partial charge is 0.0784 e. The maximum Gasteiger partial charge on any atom is 0.0784 e. The average Bonchev–Trinajstić information content (AvgIpc) is 2.18. The van der Waals surface area contributed by atoms with Crippen molar-refractivity contribution < 1.29 is 4.48 Å². The van der Waals surface area contributed by atoms with Crippen LogP contribution in [0.5, 0.6) is 0 Å². The van der Waals surface area contributed by atoms with Gasteiger partial charge >= 0.3 is 0 Å². The Morgan fingerprint density at radius 1 is 0.929 bits per heavy atom. The minimum absolute atomic E-state index is 1.18. The first-order valence-electron chi connectivity index (χ1n) is 6.16. The van der Waals surface area contributed by atoms with Gasteiger partial charge in [-0.15, -0.1) is 0 Å². The fourth-order valence-electron chi connectivity index (χ4n) is 2.44. The molecule has 84 valence electrons. The van der Waals surface area contributed by atoms with Crippen molar-refractivity contribution in [1.29, 1.82) is 0 Å². The van der Waals surface area contributed by atoms with E-state index in [1.807, 2.05) is 0 Å². The van der Waals surface area contributed by atoms with Crippen LogP contribution in [0.3, 0.4) is 0 Å². The Labute approximate surface area is 97.6 Å². The summed E-state index contributed by atoms with van der Waals surface area (Å²) in [5, 5.41) is 1.18. The molecule has 1 aliphatic rings. The topological polar surface area (TPSA) is 0 Å². The van der Waals surface area contributed by atoms with E-state index in [9.17, 15) is 0 Å². The van der Waals surface area contributed by atoms with Gasteiger partial charge in [-0.1, -0.05) is 22.4 Å². The highest BCUT2D eigenvalue weighted by molar-refractivity contribution is 9.09. The Morgan fingerprint density at radius 3 is 2.21 bits per heavy atom. The molecule has 0 aliphatic carbocycles. The number of alkyl halides is 1. The van der Waals surface area contributed by atoms with E-state index in [0.717, 1.165) is 0 Å². The van der Waals surface area contributed by atoms with Crippen molar-refractivity contribution in [3.8, 4) is 0 Å². The Hall–Kier alpha value is 0.440. The average molecular weight is 263 g/mol. The van der Waals surface area contributed by atoms with E-state index in [-0.39, 0.29) is 0 Å². The highest BCUT2D eigenvalue weighted by atomic mass is 79.9. The lowest BCUT2D eigenvalue weighted by Crippen LogP contribution is -2.48. The third kappa shape index (κ3) is 4.79. The molecule has 14 heavy (non-hydrogen) atoms. The normalized spacial score (nSPS) is 21.0. The van der Waals surface area contributed by atoms with Crippen molar-refractivity contribution in [2.75, 3.05) is 32.0 Å². The zero-order chi connectivity index (χ0) is 10.3. The lowest BCUT2D eigenvalue weighted by atomic mass is 10.1. The molecule has 1 saturated heterocycles. The van der Waals surface area contributed by atoms with Crippen molar-refractivity contribution in [2.45, 2.75) is 44.9 Å². The van der Waals surface area contributed by atoms with Crippen LogP contribution in [0.15, 0.2) is 0 Å². The Balaban J connectivity index is 2.03. The van der Waals surface area contributed by atoms with Crippen molar-refractivity contribution >= 4 is 15.9 Å². The van der Waals surface area contributed by atoms with Crippen molar-refractivity contribution in [3.63, 3.8) is 0 Å². The summed E-state index contributed by atoms with van der Waals surface area (Å²) in [6.45, 7) is 4.28. The van der Waals surface area contributed by atoms with Crippen LogP contribution in [0.1, 0.15) is 44.9 Å². The zero-order valence-corrected chi connectivity index (χ0v) is 11.2. The molecule has 0 N–H and O–H groups in total. The first-order chi connectivity index (χ1) is 6.77. The molecule has 2 heteroatoms. The second-order valence-corrected chi connectivity index (χ2v) is 5.75. The predicted molar refractivity (Wildman–Crippen MR) is 66.9 cm³/mol. The molecule has 0 atom stereocenters.